The van der Waals surface area contributed by atoms with Gasteiger partial charge in [-0.25, -0.2) is 4.39 Å². The van der Waals surface area contributed by atoms with Gasteiger partial charge in [0.05, 0.1) is 5.03 Å². The zero-order chi connectivity index (χ0) is 23.2. The summed E-state index contributed by atoms with van der Waals surface area (Å²) in [6, 6.07) is 21.6. The molecule has 1 aliphatic carbocycles. The summed E-state index contributed by atoms with van der Waals surface area (Å²) in [6.07, 6.45) is 2.90. The predicted octanol–water partition coefficient (Wildman–Crippen LogP) is 5.89. The number of hydrogen-bond acceptors (Lipinski definition) is 3. The molecule has 34 heavy (non-hydrogen) atoms. The molecule has 1 aromatic heterocycles. The molecule has 4 aromatic rings. The van der Waals surface area contributed by atoms with Crippen LogP contribution in [0.4, 0.5) is 10.1 Å². The fourth-order valence-electron chi connectivity index (χ4n) is 4.93. The topological polar surface area (TPSA) is 51.1 Å². The maximum absolute atomic E-state index is 13.6. The minimum atomic E-state index is -0.611. The van der Waals surface area contributed by atoms with E-state index >= 15 is 0 Å². The molecule has 2 heterocycles. The van der Waals surface area contributed by atoms with Crippen LogP contribution >= 0.6 is 11.8 Å². The lowest BCUT2D eigenvalue weighted by Crippen LogP contribution is -2.33. The molecule has 1 fully saturated rings. The van der Waals surface area contributed by atoms with Crippen molar-refractivity contribution in [1.82, 2.24) is 4.57 Å². The van der Waals surface area contributed by atoms with Crippen LogP contribution in [0.1, 0.15) is 41.5 Å². The van der Waals surface area contributed by atoms with Gasteiger partial charge in [-0.2, -0.15) is 0 Å². The van der Waals surface area contributed by atoms with Gasteiger partial charge >= 0.3 is 0 Å². The Morgan fingerprint density at radius 3 is 2.62 bits per heavy atom. The molecule has 6 rings (SSSR count). The first-order valence-electron chi connectivity index (χ1n) is 11.5. The largest absolute Gasteiger partial charge is 0.324 e. The maximum Gasteiger partial charge on any atom is 0.252 e. The van der Waals surface area contributed by atoms with Crippen LogP contribution in [-0.4, -0.2) is 16.2 Å². The van der Waals surface area contributed by atoms with Crippen LogP contribution in [0.2, 0.25) is 0 Å². The van der Waals surface area contributed by atoms with Gasteiger partial charge in [0, 0.05) is 17.5 Å². The van der Waals surface area contributed by atoms with Crippen molar-refractivity contribution in [1.29, 1.82) is 0 Å². The number of fused-ring (bicyclic) bond motifs is 2. The number of carbonyl (C=O) groups excluding carboxylic acids is 1. The highest BCUT2D eigenvalue weighted by atomic mass is 32.2. The Hall–Kier alpha value is -3.38. The fourth-order valence-corrected chi connectivity index (χ4v) is 6.36. The Morgan fingerprint density at radius 2 is 1.79 bits per heavy atom. The van der Waals surface area contributed by atoms with E-state index in [2.05, 4.69) is 35.6 Å². The Labute approximate surface area is 200 Å². The lowest BCUT2D eigenvalue weighted by molar-refractivity contribution is -0.118. The van der Waals surface area contributed by atoms with E-state index in [1.54, 1.807) is 34.5 Å². The van der Waals surface area contributed by atoms with E-state index in [-0.39, 0.29) is 11.5 Å². The van der Waals surface area contributed by atoms with Crippen LogP contribution in [0.25, 0.3) is 10.8 Å². The molecule has 0 bridgehead atoms. The number of carbonyl (C=O) groups is 1. The molecule has 0 spiro atoms. The lowest BCUT2D eigenvalue weighted by Gasteiger charge is -2.18. The van der Waals surface area contributed by atoms with Crippen molar-refractivity contribution in [2.75, 3.05) is 11.1 Å². The molecule has 0 radical (unpaired) electrons. The molecule has 1 unspecified atom stereocenters. The van der Waals surface area contributed by atoms with Crippen LogP contribution in [0.5, 0.6) is 0 Å². The summed E-state index contributed by atoms with van der Waals surface area (Å²) in [5.41, 5.74) is 3.73. The summed E-state index contributed by atoms with van der Waals surface area (Å²) in [7, 11) is 0. The van der Waals surface area contributed by atoms with Crippen LogP contribution in [0.15, 0.2) is 82.6 Å². The first-order valence-corrected chi connectivity index (χ1v) is 12.5. The van der Waals surface area contributed by atoms with E-state index in [0.29, 0.717) is 23.8 Å². The molecule has 6 heteroatoms. The average molecular weight is 471 g/mol. The number of anilines is 1. The zero-order valence-corrected chi connectivity index (χ0v) is 19.3. The minimum absolute atomic E-state index is 0.154. The van der Waals surface area contributed by atoms with Gasteiger partial charge in [-0.05, 0) is 70.8 Å². The molecule has 1 atom stereocenters. The van der Waals surface area contributed by atoms with E-state index in [1.807, 2.05) is 12.1 Å². The van der Waals surface area contributed by atoms with Crippen molar-refractivity contribution >= 4 is 34.1 Å². The third-order valence-corrected chi connectivity index (χ3v) is 7.83. The van der Waals surface area contributed by atoms with Gasteiger partial charge in [-0.15, -0.1) is 11.8 Å². The van der Waals surface area contributed by atoms with E-state index in [1.165, 1.54) is 34.0 Å². The third kappa shape index (κ3) is 3.82. The molecular weight excluding hydrogens is 447 g/mol. The van der Waals surface area contributed by atoms with Crippen molar-refractivity contribution < 1.29 is 9.18 Å². The van der Waals surface area contributed by atoms with Gasteiger partial charge in [-0.3, -0.25) is 14.2 Å². The molecule has 170 valence electrons. The molecule has 1 aliphatic heterocycles. The van der Waals surface area contributed by atoms with Crippen molar-refractivity contribution in [3.8, 4) is 0 Å². The minimum Gasteiger partial charge on any atom is -0.324 e. The SMILES string of the molecule is O=C(Nc1cccc(F)c1)C1CSc2c(C3CC3)c(Cc3cccc4ccccc34)cc(=O)n21. The van der Waals surface area contributed by atoms with Crippen molar-refractivity contribution in [2.45, 2.75) is 36.2 Å². The van der Waals surface area contributed by atoms with E-state index in [4.69, 9.17) is 0 Å². The second-order valence-corrected chi connectivity index (χ2v) is 10.0. The number of nitrogens with one attached hydrogen (secondary N) is 1. The average Bonchev–Trinajstić information content (AvgIpc) is 3.56. The van der Waals surface area contributed by atoms with Gasteiger partial charge < -0.3 is 5.32 Å². The number of nitrogens with zero attached hydrogens (tertiary/aromatic N) is 1. The van der Waals surface area contributed by atoms with Gasteiger partial charge in [-0.1, -0.05) is 48.5 Å². The van der Waals surface area contributed by atoms with Gasteiger partial charge in [0.2, 0.25) is 5.91 Å². The normalized spacial score (nSPS) is 17.0. The summed E-state index contributed by atoms with van der Waals surface area (Å²) < 4.78 is 15.2. The number of pyridine rings is 1. The molecule has 2 aliphatic rings. The van der Waals surface area contributed by atoms with Crippen LogP contribution < -0.4 is 10.9 Å². The van der Waals surface area contributed by atoms with Crippen LogP contribution in [0, 0.1) is 5.82 Å². The highest BCUT2D eigenvalue weighted by Gasteiger charge is 2.37. The van der Waals surface area contributed by atoms with Crippen LogP contribution in [0.3, 0.4) is 0 Å². The summed E-state index contributed by atoms with van der Waals surface area (Å²) in [5, 5.41) is 6.09. The smallest absolute Gasteiger partial charge is 0.252 e. The standard InChI is InChI=1S/C28H23FN2O2S/c29-21-8-4-9-22(15-21)30-27(33)24-16-34-28-26(18-11-12-18)20(14-25(32)31(24)28)13-19-7-3-6-17-5-1-2-10-23(17)19/h1-10,14-15,18,24H,11-13,16H2,(H,30,33). The van der Waals surface area contributed by atoms with E-state index < -0.39 is 11.9 Å². The van der Waals surface area contributed by atoms with Crippen molar-refractivity contribution in [3.63, 3.8) is 0 Å². The summed E-state index contributed by atoms with van der Waals surface area (Å²) in [4.78, 5) is 26.4. The molecule has 1 N–H and O–H groups in total. The van der Waals surface area contributed by atoms with Crippen molar-refractivity contribution in [2.24, 2.45) is 0 Å². The number of thioether (sulfide) groups is 1. The molecule has 3 aromatic carbocycles. The first kappa shape index (κ1) is 21.2. The zero-order valence-electron chi connectivity index (χ0n) is 18.5. The second-order valence-electron chi connectivity index (χ2n) is 9.01. The number of amides is 1. The van der Waals surface area contributed by atoms with Crippen molar-refractivity contribution in [3.05, 3.63) is 106 Å². The Balaban J connectivity index is 1.38. The number of rotatable bonds is 5. The fraction of sp³-hybridized carbons (Fsp3) is 0.214. The predicted molar refractivity (Wildman–Crippen MR) is 134 cm³/mol. The monoisotopic (exact) mass is 470 g/mol. The Bertz CT molecular complexity index is 1490. The van der Waals surface area contributed by atoms with Gasteiger partial charge in [0.15, 0.2) is 0 Å². The summed E-state index contributed by atoms with van der Waals surface area (Å²) in [6.45, 7) is 0. The van der Waals surface area contributed by atoms with E-state index in [9.17, 15) is 14.0 Å². The third-order valence-electron chi connectivity index (χ3n) is 6.66. The first-order chi connectivity index (χ1) is 16.6. The quantitative estimate of drug-likeness (QED) is 0.395. The number of benzene rings is 3. The Kier molecular flexibility index (Phi) is 5.26. The van der Waals surface area contributed by atoms with Crippen LogP contribution in [-0.2, 0) is 11.2 Å². The lowest BCUT2D eigenvalue weighted by atomic mass is 9.95. The molecule has 1 saturated carbocycles. The number of aromatic nitrogens is 1. The maximum atomic E-state index is 13.6. The molecule has 1 amide bonds. The molecular formula is C28H23FN2O2S. The highest BCUT2D eigenvalue weighted by molar-refractivity contribution is 7.99. The summed E-state index contributed by atoms with van der Waals surface area (Å²) >= 11 is 1.58. The molecule has 0 saturated heterocycles. The number of hydrogen-bond donors (Lipinski definition) is 1. The van der Waals surface area contributed by atoms with E-state index in [0.717, 1.165) is 23.4 Å². The number of halogens is 1. The Morgan fingerprint density at radius 1 is 1.00 bits per heavy atom. The summed E-state index contributed by atoms with van der Waals surface area (Å²) in [5.74, 6) is 0.227. The highest BCUT2D eigenvalue weighted by Crippen LogP contribution is 2.48. The van der Waals surface area contributed by atoms with Gasteiger partial charge in [0.25, 0.3) is 5.56 Å². The second kappa shape index (κ2) is 8.44. The molecule has 4 nitrogen and oxygen atoms in total. The van der Waals surface area contributed by atoms with Gasteiger partial charge in [0.1, 0.15) is 11.9 Å².